The maximum Gasteiger partial charge on any atom is 0.0784 e. The van der Waals surface area contributed by atoms with E-state index in [1.54, 1.807) is 0 Å². The molecule has 0 bridgehead atoms. The van der Waals surface area contributed by atoms with Crippen LogP contribution in [0.3, 0.4) is 0 Å². The molecule has 11 aromatic carbocycles. The molecule has 0 N–H and O–H groups in total. The lowest BCUT2D eigenvalue weighted by Gasteiger charge is -2.17. The number of hydrogen-bond donors (Lipinski definition) is 0. The average Bonchev–Trinajstić information content (AvgIpc) is 4.16. The molecule has 326 valence electrons. The Morgan fingerprint density at radius 3 is 0.986 bits per heavy atom. The zero-order valence-electron chi connectivity index (χ0n) is 38.0. The molecule has 0 aliphatic rings. The highest BCUT2D eigenvalue weighted by atomic mass is 15.1. The Morgan fingerprint density at radius 1 is 0.186 bits per heavy atom. The van der Waals surface area contributed by atoms with E-state index in [1.165, 1.54) is 98.4 Å². The predicted octanol–water partition coefficient (Wildman–Crippen LogP) is 17.4. The van der Waals surface area contributed by atoms with Crippen LogP contribution in [-0.4, -0.2) is 18.3 Å². The Bertz CT molecular complexity index is 4400. The van der Waals surface area contributed by atoms with Crippen molar-refractivity contribution in [3.63, 3.8) is 0 Å². The standard InChI is InChI=1S/C66H42N4/c1-2-16-43(17-3-1)46-34-39-64-56(40-46)57-41-49(68-60-26-12-6-20-52(60)53-21-7-13-27-61(53)68)42-65(70-62-28-14-8-22-54(62)55-23-9-15-29-63(55)70)66(57)69(64)48-37-32-45(33-38-48)44-30-35-47(36-31-44)67-58-24-10-4-18-50(58)51-19-5-11-25-59(51)67/h1-42H. The highest BCUT2D eigenvalue weighted by molar-refractivity contribution is 6.17. The maximum absolute atomic E-state index is 2.50. The second-order valence-corrected chi connectivity index (χ2v) is 18.5. The van der Waals surface area contributed by atoms with Gasteiger partial charge >= 0.3 is 0 Å². The third-order valence-corrected chi connectivity index (χ3v) is 14.8. The van der Waals surface area contributed by atoms with Crippen LogP contribution in [0, 0.1) is 0 Å². The molecule has 4 nitrogen and oxygen atoms in total. The average molecular weight is 891 g/mol. The van der Waals surface area contributed by atoms with Crippen molar-refractivity contribution in [3.8, 4) is 45.0 Å². The monoisotopic (exact) mass is 890 g/mol. The quantitative estimate of drug-likeness (QED) is 0.158. The molecule has 0 amide bonds. The van der Waals surface area contributed by atoms with Gasteiger partial charge in [-0.2, -0.15) is 0 Å². The number of rotatable bonds is 6. The van der Waals surface area contributed by atoms with Crippen molar-refractivity contribution in [3.05, 3.63) is 255 Å². The Kier molecular flexibility index (Phi) is 8.33. The van der Waals surface area contributed by atoms with Crippen molar-refractivity contribution in [1.29, 1.82) is 0 Å². The molecule has 0 spiro atoms. The minimum absolute atomic E-state index is 1.10. The van der Waals surface area contributed by atoms with Gasteiger partial charge < -0.3 is 18.3 Å². The first-order valence-corrected chi connectivity index (χ1v) is 24.1. The highest BCUT2D eigenvalue weighted by Crippen LogP contribution is 2.44. The van der Waals surface area contributed by atoms with E-state index in [-0.39, 0.29) is 0 Å². The number of benzene rings is 11. The van der Waals surface area contributed by atoms with E-state index in [1.807, 2.05) is 0 Å². The van der Waals surface area contributed by atoms with Crippen molar-refractivity contribution in [2.75, 3.05) is 0 Å². The Balaban J connectivity index is 0.982. The molecule has 0 fully saturated rings. The van der Waals surface area contributed by atoms with E-state index in [0.29, 0.717) is 0 Å². The summed E-state index contributed by atoms with van der Waals surface area (Å²) in [6.45, 7) is 0. The molecular formula is C66H42N4. The number of aromatic nitrogens is 4. The molecule has 0 unspecified atom stereocenters. The number of fused-ring (bicyclic) bond motifs is 12. The molecule has 0 aliphatic heterocycles. The minimum Gasteiger partial charge on any atom is -0.309 e. The largest absolute Gasteiger partial charge is 0.309 e. The van der Waals surface area contributed by atoms with Crippen molar-refractivity contribution < 1.29 is 0 Å². The fourth-order valence-electron chi connectivity index (χ4n) is 11.7. The van der Waals surface area contributed by atoms with Gasteiger partial charge in [0, 0.05) is 60.2 Å². The van der Waals surface area contributed by atoms with Gasteiger partial charge in [-0.05, 0) is 107 Å². The second-order valence-electron chi connectivity index (χ2n) is 18.5. The Morgan fingerprint density at radius 2 is 0.529 bits per heavy atom. The number of hydrogen-bond acceptors (Lipinski definition) is 0. The van der Waals surface area contributed by atoms with E-state index in [2.05, 4.69) is 273 Å². The van der Waals surface area contributed by atoms with Gasteiger partial charge in [-0.15, -0.1) is 0 Å². The van der Waals surface area contributed by atoms with Crippen LogP contribution in [0.15, 0.2) is 255 Å². The Labute approximate surface area is 403 Å². The zero-order valence-corrected chi connectivity index (χ0v) is 38.0. The molecule has 4 aromatic heterocycles. The van der Waals surface area contributed by atoms with Crippen molar-refractivity contribution in [1.82, 2.24) is 18.3 Å². The molecule has 15 aromatic rings. The predicted molar refractivity (Wildman–Crippen MR) is 295 cm³/mol. The SMILES string of the molecule is c1ccc(-c2ccc3c(c2)c2cc(-n4c5ccccc5c5ccccc54)cc(-n4c5ccccc5c5ccccc54)c2n3-c2ccc(-c3ccc(-n4c5ccccc5c5ccccc54)cc3)cc2)cc1. The first-order chi connectivity index (χ1) is 34.7. The summed E-state index contributed by atoms with van der Waals surface area (Å²) in [6.07, 6.45) is 0. The first-order valence-electron chi connectivity index (χ1n) is 24.1. The summed E-state index contributed by atoms with van der Waals surface area (Å²) in [5.74, 6) is 0. The van der Waals surface area contributed by atoms with E-state index < -0.39 is 0 Å². The first kappa shape index (κ1) is 38.7. The van der Waals surface area contributed by atoms with Gasteiger partial charge in [-0.3, -0.25) is 0 Å². The summed E-state index contributed by atoms with van der Waals surface area (Å²) in [5, 5.41) is 9.87. The van der Waals surface area contributed by atoms with Crippen molar-refractivity contribution >= 4 is 87.2 Å². The molecule has 15 rings (SSSR count). The highest BCUT2D eigenvalue weighted by Gasteiger charge is 2.24. The molecule has 0 saturated carbocycles. The number of para-hydroxylation sites is 6. The number of nitrogens with zero attached hydrogens (tertiary/aromatic N) is 4. The lowest BCUT2D eigenvalue weighted by atomic mass is 10.0. The molecular weight excluding hydrogens is 849 g/mol. The van der Waals surface area contributed by atoms with Crippen LogP contribution in [0.5, 0.6) is 0 Å². The molecule has 4 heterocycles. The van der Waals surface area contributed by atoms with Gasteiger partial charge in [0.25, 0.3) is 0 Å². The molecule has 0 atom stereocenters. The van der Waals surface area contributed by atoms with E-state index in [9.17, 15) is 0 Å². The molecule has 0 saturated heterocycles. The van der Waals surface area contributed by atoms with Gasteiger partial charge in [-0.1, -0.05) is 170 Å². The zero-order chi connectivity index (χ0) is 45.9. The third-order valence-electron chi connectivity index (χ3n) is 14.8. The van der Waals surface area contributed by atoms with Gasteiger partial charge in [0.15, 0.2) is 0 Å². The third kappa shape index (κ3) is 5.65. The van der Waals surface area contributed by atoms with Gasteiger partial charge in [0.1, 0.15) is 0 Å². The van der Waals surface area contributed by atoms with Crippen LogP contribution >= 0.6 is 0 Å². The van der Waals surface area contributed by atoms with Crippen LogP contribution in [0.2, 0.25) is 0 Å². The van der Waals surface area contributed by atoms with Crippen LogP contribution in [0.4, 0.5) is 0 Å². The summed E-state index contributed by atoms with van der Waals surface area (Å²) in [7, 11) is 0. The summed E-state index contributed by atoms with van der Waals surface area (Å²) in [6, 6.07) is 93.6. The summed E-state index contributed by atoms with van der Waals surface area (Å²) >= 11 is 0. The molecule has 0 radical (unpaired) electrons. The van der Waals surface area contributed by atoms with E-state index in [0.717, 1.165) is 33.8 Å². The smallest absolute Gasteiger partial charge is 0.0784 e. The minimum atomic E-state index is 1.10. The van der Waals surface area contributed by atoms with Crippen molar-refractivity contribution in [2.45, 2.75) is 0 Å². The van der Waals surface area contributed by atoms with Crippen LogP contribution < -0.4 is 0 Å². The summed E-state index contributed by atoms with van der Waals surface area (Å²) in [5.41, 5.74) is 18.7. The maximum atomic E-state index is 2.50. The fraction of sp³-hybridized carbons (Fsp3) is 0. The van der Waals surface area contributed by atoms with Gasteiger partial charge in [0.05, 0.1) is 49.8 Å². The van der Waals surface area contributed by atoms with Crippen molar-refractivity contribution in [2.24, 2.45) is 0 Å². The summed E-state index contributed by atoms with van der Waals surface area (Å²) in [4.78, 5) is 0. The lowest BCUT2D eigenvalue weighted by Crippen LogP contribution is -2.03. The second kappa shape index (κ2) is 15.1. The van der Waals surface area contributed by atoms with Gasteiger partial charge in [-0.25, -0.2) is 0 Å². The van der Waals surface area contributed by atoms with Crippen LogP contribution in [0.25, 0.3) is 132 Å². The van der Waals surface area contributed by atoms with Crippen LogP contribution in [-0.2, 0) is 0 Å². The Hall–Kier alpha value is -9.38. The summed E-state index contributed by atoms with van der Waals surface area (Å²) < 4.78 is 9.85. The fourth-order valence-corrected chi connectivity index (χ4v) is 11.7. The topological polar surface area (TPSA) is 19.7 Å². The van der Waals surface area contributed by atoms with Gasteiger partial charge in [0.2, 0.25) is 0 Å². The van der Waals surface area contributed by atoms with E-state index in [4.69, 9.17) is 0 Å². The lowest BCUT2D eigenvalue weighted by molar-refractivity contribution is 1.11. The van der Waals surface area contributed by atoms with Crippen LogP contribution in [0.1, 0.15) is 0 Å². The van der Waals surface area contributed by atoms with E-state index >= 15 is 0 Å². The molecule has 70 heavy (non-hydrogen) atoms. The molecule has 4 heteroatoms. The molecule has 0 aliphatic carbocycles. The normalized spacial score (nSPS) is 12.0.